The third kappa shape index (κ3) is 1.93. The summed E-state index contributed by atoms with van der Waals surface area (Å²) in [4.78, 5) is 24.9. The minimum atomic E-state index is -0.813. The van der Waals surface area contributed by atoms with Gasteiger partial charge in [0.2, 0.25) is 0 Å². The van der Waals surface area contributed by atoms with Crippen molar-refractivity contribution in [3.05, 3.63) is 30.0 Å². The summed E-state index contributed by atoms with van der Waals surface area (Å²) >= 11 is 0. The van der Waals surface area contributed by atoms with Gasteiger partial charge in [0.1, 0.15) is 0 Å². The zero-order chi connectivity index (χ0) is 14.3. The van der Waals surface area contributed by atoms with Crippen molar-refractivity contribution in [1.29, 1.82) is 0 Å². The van der Waals surface area contributed by atoms with E-state index in [1.54, 1.807) is 11.8 Å². The maximum Gasteiger partial charge on any atom is 0.306 e. The van der Waals surface area contributed by atoms with Gasteiger partial charge in [0.05, 0.1) is 11.4 Å². The van der Waals surface area contributed by atoms with Gasteiger partial charge in [0.25, 0.3) is 5.91 Å². The molecule has 6 nitrogen and oxygen atoms in total. The second-order valence-corrected chi connectivity index (χ2v) is 5.21. The summed E-state index contributed by atoms with van der Waals surface area (Å²) in [7, 11) is 0. The number of nitrogens with one attached hydrogen (secondary N) is 1. The van der Waals surface area contributed by atoms with E-state index < -0.39 is 11.9 Å². The Morgan fingerprint density at radius 1 is 1.40 bits per heavy atom. The van der Waals surface area contributed by atoms with Crippen LogP contribution in [-0.4, -0.2) is 45.2 Å². The van der Waals surface area contributed by atoms with E-state index in [1.165, 1.54) is 0 Å². The van der Waals surface area contributed by atoms with Gasteiger partial charge in [-0.15, -0.1) is 0 Å². The molecule has 104 valence electrons. The van der Waals surface area contributed by atoms with Crippen molar-refractivity contribution in [3.8, 4) is 0 Å². The van der Waals surface area contributed by atoms with E-state index in [0.29, 0.717) is 18.8 Å². The monoisotopic (exact) mass is 273 g/mol. The van der Waals surface area contributed by atoms with Crippen molar-refractivity contribution in [3.63, 3.8) is 0 Å². The quantitative estimate of drug-likeness (QED) is 0.884. The molecular formula is C14H15N3O3. The first-order chi connectivity index (χ1) is 9.58. The smallest absolute Gasteiger partial charge is 0.306 e. The number of amides is 1. The maximum absolute atomic E-state index is 12.3. The molecule has 0 aliphatic carbocycles. The van der Waals surface area contributed by atoms with Crippen molar-refractivity contribution < 1.29 is 14.7 Å². The fourth-order valence-corrected chi connectivity index (χ4v) is 2.47. The number of aromatic amines is 1. The molecule has 1 amide bonds. The van der Waals surface area contributed by atoms with E-state index in [9.17, 15) is 9.59 Å². The number of H-pyrrole nitrogens is 1. The zero-order valence-corrected chi connectivity index (χ0v) is 11.0. The molecule has 1 aromatic heterocycles. The van der Waals surface area contributed by atoms with Gasteiger partial charge < -0.3 is 10.0 Å². The minimum Gasteiger partial charge on any atom is -0.481 e. The molecule has 1 unspecified atom stereocenters. The number of benzene rings is 1. The van der Waals surface area contributed by atoms with Crippen LogP contribution in [0.25, 0.3) is 10.9 Å². The van der Waals surface area contributed by atoms with Crippen LogP contribution in [0.3, 0.4) is 0 Å². The maximum atomic E-state index is 12.3. The zero-order valence-electron chi connectivity index (χ0n) is 11.0. The van der Waals surface area contributed by atoms with Crippen LogP contribution in [0.5, 0.6) is 0 Å². The van der Waals surface area contributed by atoms with Gasteiger partial charge in [-0.2, -0.15) is 5.10 Å². The van der Waals surface area contributed by atoms with Gasteiger partial charge in [-0.1, -0.05) is 25.1 Å². The van der Waals surface area contributed by atoms with Crippen LogP contribution < -0.4 is 0 Å². The fraction of sp³-hybridized carbons (Fsp3) is 0.357. The number of hydrogen-bond donors (Lipinski definition) is 2. The van der Waals surface area contributed by atoms with Crippen LogP contribution in [0.15, 0.2) is 24.3 Å². The number of carboxylic acids is 1. The normalized spacial score (nSPS) is 16.9. The van der Waals surface area contributed by atoms with Crippen molar-refractivity contribution >= 4 is 22.8 Å². The number of aliphatic carboxylic acids is 1. The lowest BCUT2D eigenvalue weighted by molar-refractivity contribution is -0.144. The molecule has 0 bridgehead atoms. The number of aromatic nitrogens is 2. The summed E-state index contributed by atoms with van der Waals surface area (Å²) in [6.45, 7) is 2.64. The highest BCUT2D eigenvalue weighted by molar-refractivity contribution is 6.04. The Kier molecular flexibility index (Phi) is 2.93. The highest BCUT2D eigenvalue weighted by Gasteiger charge is 2.38. The Morgan fingerprint density at radius 3 is 2.80 bits per heavy atom. The van der Waals surface area contributed by atoms with Crippen LogP contribution >= 0.6 is 0 Å². The molecule has 2 heterocycles. The molecule has 2 aromatic rings. The molecule has 0 saturated carbocycles. The summed E-state index contributed by atoms with van der Waals surface area (Å²) in [5.41, 5.74) is 1.23. The molecule has 1 aromatic carbocycles. The molecule has 1 atom stereocenters. The van der Waals surface area contributed by atoms with Crippen LogP contribution in [0, 0.1) is 11.8 Å². The summed E-state index contributed by atoms with van der Waals surface area (Å²) < 4.78 is 0. The Balaban J connectivity index is 1.74. The number of carboxylic acid groups (broad SMARTS) is 1. The first kappa shape index (κ1) is 12.7. The molecule has 2 N–H and O–H groups in total. The van der Waals surface area contributed by atoms with Crippen molar-refractivity contribution in [2.75, 3.05) is 13.1 Å². The predicted molar refractivity (Wildman–Crippen MR) is 72.3 cm³/mol. The Morgan fingerprint density at radius 2 is 2.10 bits per heavy atom. The third-order valence-electron chi connectivity index (χ3n) is 3.97. The molecule has 1 saturated heterocycles. The Bertz CT molecular complexity index is 673. The average molecular weight is 273 g/mol. The van der Waals surface area contributed by atoms with E-state index in [-0.39, 0.29) is 11.8 Å². The molecule has 0 radical (unpaired) electrons. The van der Waals surface area contributed by atoms with Gasteiger partial charge in [-0.05, 0) is 6.07 Å². The standard InChI is InChI=1S/C14H15N3O3/c1-8(14(19)20)9-6-17(7-9)13(18)12-10-4-2-3-5-11(10)15-16-12/h2-5,8-9H,6-7H2,1H3,(H,15,16)(H,19,20). The molecule has 1 aliphatic rings. The van der Waals surface area contributed by atoms with Crippen LogP contribution in [0.1, 0.15) is 17.4 Å². The van der Waals surface area contributed by atoms with E-state index >= 15 is 0 Å². The second kappa shape index (κ2) is 4.63. The number of hydrogen-bond acceptors (Lipinski definition) is 3. The predicted octanol–water partition coefficient (Wildman–Crippen LogP) is 1.36. The van der Waals surface area contributed by atoms with E-state index in [2.05, 4.69) is 10.2 Å². The molecule has 6 heteroatoms. The van der Waals surface area contributed by atoms with Gasteiger partial charge in [-0.3, -0.25) is 14.7 Å². The lowest BCUT2D eigenvalue weighted by Crippen LogP contribution is -2.53. The summed E-state index contributed by atoms with van der Waals surface area (Å²) in [5.74, 6) is -1.35. The van der Waals surface area contributed by atoms with Crippen LogP contribution in [0.2, 0.25) is 0 Å². The number of rotatable bonds is 3. The number of nitrogens with zero attached hydrogens (tertiary/aromatic N) is 2. The first-order valence-electron chi connectivity index (χ1n) is 6.53. The third-order valence-corrected chi connectivity index (χ3v) is 3.97. The molecule has 3 rings (SSSR count). The van der Waals surface area contributed by atoms with Gasteiger partial charge in [0.15, 0.2) is 5.69 Å². The topological polar surface area (TPSA) is 86.3 Å². The minimum absolute atomic E-state index is 0.0293. The first-order valence-corrected chi connectivity index (χ1v) is 6.53. The highest BCUT2D eigenvalue weighted by atomic mass is 16.4. The number of fused-ring (bicyclic) bond motifs is 1. The lowest BCUT2D eigenvalue weighted by Gasteiger charge is -2.40. The van der Waals surface area contributed by atoms with Gasteiger partial charge in [0, 0.05) is 24.4 Å². The summed E-state index contributed by atoms with van der Waals surface area (Å²) in [6, 6.07) is 7.46. The van der Waals surface area contributed by atoms with Crippen molar-refractivity contribution in [2.45, 2.75) is 6.92 Å². The number of carbonyl (C=O) groups excluding carboxylic acids is 1. The molecular weight excluding hydrogens is 258 g/mol. The lowest BCUT2D eigenvalue weighted by atomic mass is 9.87. The Labute approximate surface area is 115 Å². The largest absolute Gasteiger partial charge is 0.481 e. The Hall–Kier alpha value is -2.37. The molecule has 0 spiro atoms. The molecule has 1 aliphatic heterocycles. The van der Waals surface area contributed by atoms with E-state index in [4.69, 9.17) is 5.11 Å². The van der Waals surface area contributed by atoms with E-state index in [0.717, 1.165) is 10.9 Å². The molecule has 1 fully saturated rings. The van der Waals surface area contributed by atoms with Gasteiger partial charge in [-0.25, -0.2) is 0 Å². The fourth-order valence-electron chi connectivity index (χ4n) is 2.47. The summed E-state index contributed by atoms with van der Waals surface area (Å²) in [6.07, 6.45) is 0. The van der Waals surface area contributed by atoms with Gasteiger partial charge >= 0.3 is 5.97 Å². The summed E-state index contributed by atoms with van der Waals surface area (Å²) in [5, 5.41) is 16.6. The molecule has 20 heavy (non-hydrogen) atoms. The van der Waals surface area contributed by atoms with Crippen molar-refractivity contribution in [2.24, 2.45) is 11.8 Å². The van der Waals surface area contributed by atoms with Crippen molar-refractivity contribution in [1.82, 2.24) is 15.1 Å². The van der Waals surface area contributed by atoms with Crippen LogP contribution in [-0.2, 0) is 4.79 Å². The average Bonchev–Trinajstić information content (AvgIpc) is 2.80. The highest BCUT2D eigenvalue weighted by Crippen LogP contribution is 2.27. The second-order valence-electron chi connectivity index (χ2n) is 5.21. The number of likely N-dealkylation sites (tertiary alicyclic amines) is 1. The van der Waals surface area contributed by atoms with E-state index in [1.807, 2.05) is 24.3 Å². The SMILES string of the molecule is CC(C(=O)O)C1CN(C(=O)c2n[nH]c3ccccc23)C1. The number of carbonyl (C=O) groups is 2. The number of para-hydroxylation sites is 1. The van der Waals surface area contributed by atoms with Crippen LogP contribution in [0.4, 0.5) is 0 Å².